The average molecular weight is 435 g/mol. The molecule has 1 unspecified atom stereocenters. The number of aliphatic carboxylic acids is 1. The molecule has 0 saturated heterocycles. The average Bonchev–Trinajstić information content (AvgIpc) is 2.73. The number of hydrogen-bond donors (Lipinski definition) is 4. The summed E-state index contributed by atoms with van der Waals surface area (Å²) < 4.78 is 1.20. The van der Waals surface area contributed by atoms with Gasteiger partial charge in [-0.15, -0.1) is 0 Å². The highest BCUT2D eigenvalue weighted by Gasteiger charge is 2.20. The number of aromatic hydroxyl groups is 1. The van der Waals surface area contributed by atoms with E-state index in [2.05, 4.69) is 10.6 Å². The molecule has 4 N–H and O–H groups in total. The molecule has 0 saturated carbocycles. The number of amides is 2. The highest BCUT2D eigenvalue weighted by molar-refractivity contribution is 5.91. The first-order valence-corrected chi connectivity index (χ1v) is 10.0. The van der Waals surface area contributed by atoms with Crippen molar-refractivity contribution in [1.29, 1.82) is 0 Å². The van der Waals surface area contributed by atoms with Crippen LogP contribution in [0.25, 0.3) is 11.1 Å². The van der Waals surface area contributed by atoms with Crippen molar-refractivity contribution in [2.45, 2.75) is 26.3 Å². The van der Waals surface area contributed by atoms with E-state index in [0.29, 0.717) is 5.56 Å². The summed E-state index contributed by atoms with van der Waals surface area (Å²) in [6, 6.07) is 13.0. The molecule has 2 amide bonds. The third-order valence-corrected chi connectivity index (χ3v) is 5.25. The Balaban J connectivity index is 1.84. The van der Waals surface area contributed by atoms with Crippen molar-refractivity contribution in [3.05, 3.63) is 81.8 Å². The van der Waals surface area contributed by atoms with Gasteiger partial charge in [-0.25, -0.2) is 4.79 Å². The maximum atomic E-state index is 12.5. The monoisotopic (exact) mass is 435 g/mol. The number of urea groups is 1. The number of anilines is 1. The first kappa shape index (κ1) is 22.6. The zero-order valence-electron chi connectivity index (χ0n) is 18.0. The summed E-state index contributed by atoms with van der Waals surface area (Å²) >= 11 is 0. The van der Waals surface area contributed by atoms with Crippen molar-refractivity contribution in [2.24, 2.45) is 7.05 Å². The van der Waals surface area contributed by atoms with Crippen LogP contribution in [0.15, 0.2) is 59.5 Å². The second kappa shape index (κ2) is 9.38. The Bertz CT molecular complexity index is 1200. The van der Waals surface area contributed by atoms with Gasteiger partial charge in [0.05, 0.1) is 12.5 Å². The lowest BCUT2D eigenvalue weighted by Gasteiger charge is -2.19. The number of carbonyl (C=O) groups is 2. The van der Waals surface area contributed by atoms with Crippen molar-refractivity contribution in [3.63, 3.8) is 0 Å². The molecule has 3 aromatic rings. The molecule has 8 heteroatoms. The van der Waals surface area contributed by atoms with Crippen LogP contribution in [0.1, 0.15) is 29.2 Å². The zero-order chi connectivity index (χ0) is 23.4. The lowest BCUT2D eigenvalue weighted by atomic mass is 9.94. The van der Waals surface area contributed by atoms with E-state index in [1.165, 1.54) is 23.9 Å². The fourth-order valence-electron chi connectivity index (χ4n) is 3.62. The van der Waals surface area contributed by atoms with Crippen LogP contribution < -0.4 is 16.2 Å². The SMILES string of the molecule is Cc1cccc(C)c1-c1ccc(C(CC(=O)O)NC(=O)Nc2c(O)ccn(C)c2=O)cc1. The third-order valence-electron chi connectivity index (χ3n) is 5.25. The van der Waals surface area contributed by atoms with E-state index in [1.54, 1.807) is 12.1 Å². The number of aryl methyl sites for hydroxylation is 3. The van der Waals surface area contributed by atoms with Crippen LogP contribution in [-0.2, 0) is 11.8 Å². The molecule has 0 radical (unpaired) electrons. The second-order valence-corrected chi connectivity index (χ2v) is 7.63. The largest absolute Gasteiger partial charge is 0.505 e. The number of hydrogen-bond acceptors (Lipinski definition) is 4. The van der Waals surface area contributed by atoms with E-state index < -0.39 is 23.6 Å². The van der Waals surface area contributed by atoms with Crippen LogP contribution in [0.5, 0.6) is 5.75 Å². The predicted octanol–water partition coefficient (Wildman–Crippen LogP) is 3.71. The minimum Gasteiger partial charge on any atom is -0.505 e. The van der Waals surface area contributed by atoms with Crippen LogP contribution in [0, 0.1) is 13.8 Å². The number of aromatic nitrogens is 1. The highest BCUT2D eigenvalue weighted by atomic mass is 16.4. The van der Waals surface area contributed by atoms with Gasteiger partial charge in [0.2, 0.25) is 0 Å². The molecule has 0 aliphatic carbocycles. The Morgan fingerprint density at radius 3 is 2.25 bits per heavy atom. The van der Waals surface area contributed by atoms with Gasteiger partial charge in [0.25, 0.3) is 5.56 Å². The summed E-state index contributed by atoms with van der Waals surface area (Å²) in [6.07, 6.45) is 1.01. The number of nitrogens with one attached hydrogen (secondary N) is 2. The second-order valence-electron chi connectivity index (χ2n) is 7.63. The van der Waals surface area contributed by atoms with Crippen molar-refractivity contribution < 1.29 is 19.8 Å². The molecule has 0 aliphatic heterocycles. The molecule has 166 valence electrons. The molecular formula is C24H25N3O5. The maximum Gasteiger partial charge on any atom is 0.319 e. The van der Waals surface area contributed by atoms with Gasteiger partial charge in [-0.2, -0.15) is 0 Å². The van der Waals surface area contributed by atoms with Crippen molar-refractivity contribution >= 4 is 17.7 Å². The van der Waals surface area contributed by atoms with Gasteiger partial charge in [0, 0.05) is 13.2 Å². The highest BCUT2D eigenvalue weighted by Crippen LogP contribution is 2.29. The quantitative estimate of drug-likeness (QED) is 0.470. The summed E-state index contributed by atoms with van der Waals surface area (Å²) in [7, 11) is 1.48. The predicted molar refractivity (Wildman–Crippen MR) is 122 cm³/mol. The number of benzene rings is 2. The number of pyridine rings is 1. The van der Waals surface area contributed by atoms with Gasteiger partial charge >= 0.3 is 12.0 Å². The fourth-order valence-corrected chi connectivity index (χ4v) is 3.62. The molecule has 1 aromatic heterocycles. The minimum atomic E-state index is -1.09. The molecule has 1 heterocycles. The van der Waals surface area contributed by atoms with Crippen LogP contribution in [0.2, 0.25) is 0 Å². The molecule has 3 rings (SSSR count). The Hall–Kier alpha value is -4.07. The minimum absolute atomic E-state index is 0.285. The van der Waals surface area contributed by atoms with Crippen molar-refractivity contribution in [2.75, 3.05) is 5.32 Å². The first-order valence-electron chi connectivity index (χ1n) is 10.0. The molecule has 1 atom stereocenters. The van der Waals surface area contributed by atoms with Gasteiger partial charge in [-0.1, -0.05) is 42.5 Å². The number of carboxylic acid groups (broad SMARTS) is 1. The van der Waals surface area contributed by atoms with E-state index in [4.69, 9.17) is 0 Å². The Kier molecular flexibility index (Phi) is 6.63. The van der Waals surface area contributed by atoms with Gasteiger partial charge in [0.15, 0.2) is 5.69 Å². The Morgan fingerprint density at radius 1 is 1.03 bits per heavy atom. The summed E-state index contributed by atoms with van der Waals surface area (Å²) in [5.74, 6) is -1.47. The van der Waals surface area contributed by atoms with E-state index in [0.717, 1.165) is 22.3 Å². The van der Waals surface area contributed by atoms with Gasteiger partial charge in [0.1, 0.15) is 5.75 Å². The summed E-state index contributed by atoms with van der Waals surface area (Å²) in [6.45, 7) is 4.05. The Morgan fingerprint density at radius 2 is 1.66 bits per heavy atom. The zero-order valence-corrected chi connectivity index (χ0v) is 18.0. The first-order chi connectivity index (χ1) is 15.2. The topological polar surface area (TPSA) is 121 Å². The van der Waals surface area contributed by atoms with E-state index >= 15 is 0 Å². The van der Waals surface area contributed by atoms with E-state index in [9.17, 15) is 24.6 Å². The molecule has 0 fully saturated rings. The van der Waals surface area contributed by atoms with E-state index in [1.807, 2.05) is 44.2 Å². The molecule has 0 spiro atoms. The standard InChI is InChI=1S/C24H25N3O5/c1-14-5-4-6-15(2)21(14)17-9-7-16(8-10-17)18(13-20(29)30)25-24(32)26-22-19(28)11-12-27(3)23(22)31/h4-12,18,28H,13H2,1-3H3,(H,29,30)(H2,25,26,32). The Labute approximate surface area is 185 Å². The summed E-state index contributed by atoms with van der Waals surface area (Å²) in [5, 5.41) is 24.1. The smallest absolute Gasteiger partial charge is 0.319 e. The molecule has 8 nitrogen and oxygen atoms in total. The normalized spacial score (nSPS) is 11.6. The van der Waals surface area contributed by atoms with Crippen molar-refractivity contribution in [3.8, 4) is 16.9 Å². The summed E-state index contributed by atoms with van der Waals surface area (Å²) in [4.78, 5) is 36.0. The van der Waals surface area contributed by atoms with Crippen LogP contribution in [0.3, 0.4) is 0 Å². The lowest BCUT2D eigenvalue weighted by molar-refractivity contribution is -0.137. The molecule has 2 aromatic carbocycles. The van der Waals surface area contributed by atoms with E-state index in [-0.39, 0.29) is 17.9 Å². The number of rotatable bonds is 6. The third kappa shape index (κ3) is 4.97. The van der Waals surface area contributed by atoms with Crippen molar-refractivity contribution in [1.82, 2.24) is 9.88 Å². The number of nitrogens with zero attached hydrogens (tertiary/aromatic N) is 1. The van der Waals surface area contributed by atoms with Gasteiger partial charge in [-0.3, -0.25) is 9.59 Å². The molecular weight excluding hydrogens is 410 g/mol. The van der Waals surface area contributed by atoms with Gasteiger partial charge in [-0.05, 0) is 47.7 Å². The van der Waals surface area contributed by atoms with Crippen LogP contribution in [0.4, 0.5) is 10.5 Å². The molecule has 32 heavy (non-hydrogen) atoms. The van der Waals surface area contributed by atoms with Crippen LogP contribution in [-0.4, -0.2) is 26.8 Å². The fraction of sp³-hybridized carbons (Fsp3) is 0.208. The van der Waals surface area contributed by atoms with Crippen LogP contribution >= 0.6 is 0 Å². The molecule has 0 bridgehead atoms. The number of carboxylic acids is 1. The number of carbonyl (C=O) groups excluding carboxylic acids is 1. The lowest BCUT2D eigenvalue weighted by Crippen LogP contribution is -2.35. The summed E-state index contributed by atoms with van der Waals surface area (Å²) in [5.41, 5.74) is 4.07. The van der Waals surface area contributed by atoms with Gasteiger partial charge < -0.3 is 25.4 Å². The maximum absolute atomic E-state index is 12.5. The molecule has 0 aliphatic rings.